The number of nitrogens with one attached hydrogen (secondary N) is 1. The van der Waals surface area contributed by atoms with Crippen molar-refractivity contribution < 1.29 is 13.2 Å². The molecule has 1 N–H and O–H groups in total. The van der Waals surface area contributed by atoms with Gasteiger partial charge in [-0.25, -0.2) is 8.42 Å². The van der Waals surface area contributed by atoms with Gasteiger partial charge in [0.05, 0.1) is 17.1 Å². The number of ether oxygens (including phenoxy) is 1. The Morgan fingerprint density at radius 3 is 2.95 bits per heavy atom. The summed E-state index contributed by atoms with van der Waals surface area (Å²) in [6.07, 6.45) is 0.723. The Hall–Kier alpha value is -1.87. The molecule has 9 heteroatoms. The molecule has 22 heavy (non-hydrogen) atoms. The van der Waals surface area contributed by atoms with E-state index in [2.05, 4.69) is 14.9 Å². The minimum absolute atomic E-state index is 0.178. The highest BCUT2D eigenvalue weighted by Gasteiger charge is 2.21. The van der Waals surface area contributed by atoms with E-state index in [0.717, 1.165) is 23.7 Å². The topological polar surface area (TPSA) is 84.4 Å². The van der Waals surface area contributed by atoms with Gasteiger partial charge >= 0.3 is 0 Å². The first kappa shape index (κ1) is 15.0. The number of hydrogen-bond donors (Lipinski definition) is 1. The zero-order chi connectivity index (χ0) is 15.7. The molecule has 0 amide bonds. The number of aromatic nitrogens is 2. The van der Waals surface area contributed by atoms with E-state index >= 15 is 0 Å². The van der Waals surface area contributed by atoms with Crippen LogP contribution >= 0.6 is 11.3 Å². The van der Waals surface area contributed by atoms with Gasteiger partial charge in [0.25, 0.3) is 10.0 Å². The van der Waals surface area contributed by atoms with E-state index in [9.17, 15) is 8.42 Å². The molecule has 0 unspecified atom stereocenters. The molecule has 0 fully saturated rings. The molecular formula is C13H16N4O3S2. The summed E-state index contributed by atoms with van der Waals surface area (Å²) in [6, 6.07) is 4.82. The van der Waals surface area contributed by atoms with E-state index in [1.165, 1.54) is 17.4 Å². The van der Waals surface area contributed by atoms with Gasteiger partial charge < -0.3 is 9.64 Å². The summed E-state index contributed by atoms with van der Waals surface area (Å²) in [5.41, 5.74) is 0.764. The fraction of sp³-hybridized carbons (Fsp3) is 0.385. The maximum atomic E-state index is 12.5. The van der Waals surface area contributed by atoms with Crippen molar-refractivity contribution in [2.45, 2.75) is 18.2 Å². The molecule has 0 saturated carbocycles. The van der Waals surface area contributed by atoms with E-state index in [-0.39, 0.29) is 10.0 Å². The number of aryl methyl sites for hydroxylation is 1. The van der Waals surface area contributed by atoms with Crippen LogP contribution in [0, 0.1) is 0 Å². The molecule has 0 saturated heterocycles. The summed E-state index contributed by atoms with van der Waals surface area (Å²) in [5, 5.41) is 8.82. The average molecular weight is 340 g/mol. The number of hydrogen-bond acceptors (Lipinski definition) is 7. The van der Waals surface area contributed by atoms with Crippen LogP contribution in [0.2, 0.25) is 0 Å². The molecule has 0 aliphatic carbocycles. The normalized spacial score (nSPS) is 14.4. The molecule has 0 bridgehead atoms. The Morgan fingerprint density at radius 1 is 1.41 bits per heavy atom. The Bertz CT molecular complexity index is 788. The second-order valence-corrected chi connectivity index (χ2v) is 7.60. The molecule has 118 valence electrons. The van der Waals surface area contributed by atoms with Crippen molar-refractivity contribution >= 4 is 32.2 Å². The lowest BCUT2D eigenvalue weighted by Gasteiger charge is -2.27. The van der Waals surface area contributed by atoms with Gasteiger partial charge in [0, 0.05) is 7.05 Å². The molecule has 1 aliphatic heterocycles. The largest absolute Gasteiger partial charge is 0.490 e. The predicted molar refractivity (Wildman–Crippen MR) is 85.3 cm³/mol. The number of anilines is 2. The molecule has 2 heterocycles. The first-order valence-electron chi connectivity index (χ1n) is 6.83. The third-order valence-electron chi connectivity index (χ3n) is 3.33. The first-order valence-corrected chi connectivity index (χ1v) is 9.13. The molecule has 1 aromatic heterocycles. The van der Waals surface area contributed by atoms with Gasteiger partial charge in [-0.1, -0.05) is 18.3 Å². The number of rotatable bonds is 4. The highest BCUT2D eigenvalue weighted by Crippen LogP contribution is 2.33. The molecule has 1 aliphatic rings. The monoisotopic (exact) mass is 340 g/mol. The van der Waals surface area contributed by atoms with Gasteiger partial charge in [0.1, 0.15) is 17.4 Å². The lowest BCUT2D eigenvalue weighted by atomic mass is 10.2. The molecule has 1 aromatic carbocycles. The quantitative estimate of drug-likeness (QED) is 0.912. The van der Waals surface area contributed by atoms with Crippen molar-refractivity contribution in [1.29, 1.82) is 0 Å². The van der Waals surface area contributed by atoms with Gasteiger partial charge in [-0.05, 0) is 24.6 Å². The highest BCUT2D eigenvalue weighted by molar-refractivity contribution is 7.93. The summed E-state index contributed by atoms with van der Waals surface area (Å²) < 4.78 is 32.9. The average Bonchev–Trinajstić information content (AvgIpc) is 2.94. The summed E-state index contributed by atoms with van der Waals surface area (Å²) in [5.74, 6) is 0.692. The van der Waals surface area contributed by atoms with Crippen molar-refractivity contribution in [1.82, 2.24) is 10.2 Å². The molecule has 0 spiro atoms. The van der Waals surface area contributed by atoms with Crippen LogP contribution in [0.4, 0.5) is 10.8 Å². The fourth-order valence-corrected chi connectivity index (χ4v) is 4.04. The fourth-order valence-electron chi connectivity index (χ4n) is 2.11. The molecular weight excluding hydrogens is 324 g/mol. The lowest BCUT2D eigenvalue weighted by molar-refractivity contribution is 0.311. The van der Waals surface area contributed by atoms with Crippen molar-refractivity contribution in [3.63, 3.8) is 0 Å². The van der Waals surface area contributed by atoms with Gasteiger partial charge in [-0.15, -0.1) is 10.2 Å². The standard InChI is InChI=1S/C13H16N4O3S2/c1-3-12-14-15-13(21-12)16-22(18,19)9-4-5-11-10(8-9)17(2)6-7-20-11/h4-5,8H,3,6-7H2,1-2H3,(H,15,16). The van der Waals surface area contributed by atoms with E-state index in [4.69, 9.17) is 4.74 Å². The smallest absolute Gasteiger partial charge is 0.263 e. The third-order valence-corrected chi connectivity index (χ3v) is 5.78. The van der Waals surface area contributed by atoms with Crippen LogP contribution in [0.25, 0.3) is 0 Å². The Kier molecular flexibility index (Phi) is 3.92. The Labute approximate surface area is 133 Å². The van der Waals surface area contributed by atoms with E-state index < -0.39 is 10.0 Å². The molecule has 3 rings (SSSR count). The van der Waals surface area contributed by atoms with Crippen LogP contribution in [-0.2, 0) is 16.4 Å². The maximum Gasteiger partial charge on any atom is 0.263 e. The Balaban J connectivity index is 1.90. The van der Waals surface area contributed by atoms with Gasteiger partial charge in [-0.3, -0.25) is 4.72 Å². The SMILES string of the molecule is CCc1nnc(NS(=O)(=O)c2ccc3c(c2)N(C)CCO3)s1. The maximum absolute atomic E-state index is 12.5. The molecule has 0 radical (unpaired) electrons. The van der Waals surface area contributed by atoms with Gasteiger partial charge in [-0.2, -0.15) is 0 Å². The van der Waals surface area contributed by atoms with Crippen molar-refractivity contribution in [3.8, 4) is 5.75 Å². The summed E-state index contributed by atoms with van der Waals surface area (Å²) in [7, 11) is -1.78. The van der Waals surface area contributed by atoms with Crippen molar-refractivity contribution in [2.24, 2.45) is 0 Å². The second kappa shape index (κ2) is 5.73. The zero-order valence-corrected chi connectivity index (χ0v) is 13.9. The minimum atomic E-state index is -3.69. The summed E-state index contributed by atoms with van der Waals surface area (Å²) in [6.45, 7) is 3.26. The van der Waals surface area contributed by atoms with Crippen LogP contribution in [-0.4, -0.2) is 38.8 Å². The van der Waals surface area contributed by atoms with E-state index in [1.54, 1.807) is 12.1 Å². The van der Waals surface area contributed by atoms with Crippen LogP contribution in [0.3, 0.4) is 0 Å². The van der Waals surface area contributed by atoms with Crippen molar-refractivity contribution in [2.75, 3.05) is 29.8 Å². The van der Waals surface area contributed by atoms with Crippen LogP contribution < -0.4 is 14.4 Å². The highest BCUT2D eigenvalue weighted by atomic mass is 32.2. The number of sulfonamides is 1. The first-order chi connectivity index (χ1) is 10.5. The third kappa shape index (κ3) is 2.86. The molecule has 7 nitrogen and oxygen atoms in total. The van der Waals surface area contributed by atoms with Crippen LogP contribution in [0.15, 0.2) is 23.1 Å². The predicted octanol–water partition coefficient (Wildman–Crippen LogP) is 1.73. The number of nitrogens with zero attached hydrogens (tertiary/aromatic N) is 3. The zero-order valence-electron chi connectivity index (χ0n) is 12.2. The lowest BCUT2D eigenvalue weighted by Crippen LogP contribution is -2.29. The molecule has 0 atom stereocenters. The summed E-state index contributed by atoms with van der Waals surface area (Å²) >= 11 is 1.24. The van der Waals surface area contributed by atoms with Crippen LogP contribution in [0.1, 0.15) is 11.9 Å². The summed E-state index contributed by atoms with van der Waals surface area (Å²) in [4.78, 5) is 2.15. The minimum Gasteiger partial charge on any atom is -0.490 e. The van der Waals surface area contributed by atoms with E-state index in [0.29, 0.717) is 12.4 Å². The molecule has 2 aromatic rings. The number of benzene rings is 1. The van der Waals surface area contributed by atoms with Crippen LogP contribution in [0.5, 0.6) is 5.75 Å². The second-order valence-electron chi connectivity index (χ2n) is 4.86. The van der Waals surface area contributed by atoms with Gasteiger partial charge in [0.15, 0.2) is 0 Å². The van der Waals surface area contributed by atoms with Crippen molar-refractivity contribution in [3.05, 3.63) is 23.2 Å². The van der Waals surface area contributed by atoms with Gasteiger partial charge in [0.2, 0.25) is 5.13 Å². The Morgan fingerprint density at radius 2 is 2.23 bits per heavy atom. The number of fused-ring (bicyclic) bond motifs is 1. The van der Waals surface area contributed by atoms with E-state index in [1.807, 2.05) is 18.9 Å². The number of likely N-dealkylation sites (N-methyl/N-ethyl adjacent to an activating group) is 1.